The Balaban J connectivity index is 2.56. The lowest BCUT2D eigenvalue weighted by Gasteiger charge is -2.42. The molecule has 0 heterocycles. The van der Waals surface area contributed by atoms with Crippen LogP contribution < -0.4 is 5.19 Å². The third-order valence-corrected chi connectivity index (χ3v) is 14.9. The van der Waals surface area contributed by atoms with E-state index in [4.69, 9.17) is 4.43 Å². The van der Waals surface area contributed by atoms with Gasteiger partial charge in [-0.15, -0.1) is 0 Å². The van der Waals surface area contributed by atoms with Crippen LogP contribution in [-0.2, 0) is 4.43 Å². The maximum Gasteiger partial charge on any atom is 0.200 e. The molecule has 0 aliphatic rings. The molecule has 0 bridgehead atoms. The summed E-state index contributed by atoms with van der Waals surface area (Å²) < 4.78 is 6.59. The Hall–Kier alpha value is -0.686. The van der Waals surface area contributed by atoms with Gasteiger partial charge in [0.05, 0.1) is 6.10 Å². The van der Waals surface area contributed by atoms with Crippen LogP contribution in [0.3, 0.4) is 0 Å². The van der Waals surface area contributed by atoms with Gasteiger partial charge >= 0.3 is 0 Å². The predicted octanol–water partition coefficient (Wildman–Crippen LogP) is 6.03. The van der Waals surface area contributed by atoms with Crippen LogP contribution in [0.5, 0.6) is 0 Å². The topological polar surface area (TPSA) is 29.5 Å². The molecule has 1 atom stereocenters. The van der Waals surface area contributed by atoms with Crippen LogP contribution in [0.4, 0.5) is 0 Å². The maximum absolute atomic E-state index is 10.4. The molecule has 0 aromatic heterocycles. The van der Waals surface area contributed by atoms with Crippen LogP contribution in [0.25, 0.3) is 0 Å². The van der Waals surface area contributed by atoms with Crippen molar-refractivity contribution < 1.29 is 9.53 Å². The van der Waals surface area contributed by atoms with Gasteiger partial charge in [-0.05, 0) is 29.5 Å². The number of rotatable bonds is 11. The molecule has 1 N–H and O–H groups in total. The first-order valence-corrected chi connectivity index (χ1v) is 15.8. The third-order valence-electron chi connectivity index (χ3n) is 5.96. The third kappa shape index (κ3) is 6.70. The van der Waals surface area contributed by atoms with Gasteiger partial charge in [0.2, 0.25) is 0 Å². The molecule has 0 aliphatic heterocycles. The summed E-state index contributed by atoms with van der Waals surface area (Å²) in [6.45, 7) is 19.3. The zero-order valence-electron chi connectivity index (χ0n) is 18.8. The Morgan fingerprint density at radius 1 is 0.926 bits per heavy atom. The summed E-state index contributed by atoms with van der Waals surface area (Å²) in [5.74, 6) is 0. The molecular formula is C23H42O2Si2. The Morgan fingerprint density at radius 2 is 1.44 bits per heavy atom. The number of hydrogen-bond donors (Lipinski definition) is 1. The molecule has 27 heavy (non-hydrogen) atoms. The first kappa shape index (κ1) is 24.4. The van der Waals surface area contributed by atoms with Crippen LogP contribution in [0, 0.1) is 0 Å². The minimum absolute atomic E-state index is 0.377. The van der Waals surface area contributed by atoms with Crippen LogP contribution in [0.15, 0.2) is 42.1 Å². The van der Waals surface area contributed by atoms with Crippen molar-refractivity contribution in [3.8, 4) is 0 Å². The Labute approximate surface area is 170 Å². The standard InChI is InChI=1S/C23H42O2Si2/c1-19(2)27(20(3)4,21(5)6)25-17-12-13-22(24)16-18-26(7,8)23-14-10-9-11-15-23/h9-11,14-16,18-22,24H,12-13,17H2,1-8H3/b18-16+/t22-/m0/s1. The van der Waals surface area contributed by atoms with E-state index >= 15 is 0 Å². The minimum atomic E-state index is -1.78. The van der Waals surface area contributed by atoms with Gasteiger partial charge in [0, 0.05) is 6.61 Å². The van der Waals surface area contributed by atoms with Crippen molar-refractivity contribution in [3.63, 3.8) is 0 Å². The molecule has 1 aromatic rings. The molecule has 2 nitrogen and oxygen atoms in total. The summed E-state index contributed by atoms with van der Waals surface area (Å²) in [6.07, 6.45) is 3.32. The highest BCUT2D eigenvalue weighted by Gasteiger charge is 2.44. The molecule has 0 spiro atoms. The number of hydrogen-bond acceptors (Lipinski definition) is 2. The highest BCUT2D eigenvalue weighted by atomic mass is 28.4. The number of aliphatic hydroxyl groups excluding tert-OH is 1. The SMILES string of the molecule is CC(C)[Si](OCCC[C@H](O)/C=C/[Si](C)(C)c1ccccc1)(C(C)C)C(C)C. The summed E-state index contributed by atoms with van der Waals surface area (Å²) in [5.41, 5.74) is 4.10. The van der Waals surface area contributed by atoms with Crippen LogP contribution in [-0.4, -0.2) is 34.2 Å². The fraction of sp³-hybridized carbons (Fsp3) is 0.652. The van der Waals surface area contributed by atoms with Crippen molar-refractivity contribution in [1.29, 1.82) is 0 Å². The van der Waals surface area contributed by atoms with E-state index in [9.17, 15) is 5.11 Å². The average molecular weight is 407 g/mol. The second kappa shape index (κ2) is 10.7. The van der Waals surface area contributed by atoms with Gasteiger partial charge in [-0.1, -0.05) is 102 Å². The molecule has 0 fully saturated rings. The van der Waals surface area contributed by atoms with Crippen molar-refractivity contribution in [2.24, 2.45) is 0 Å². The minimum Gasteiger partial charge on any atom is -0.416 e. The van der Waals surface area contributed by atoms with Crippen molar-refractivity contribution in [1.82, 2.24) is 0 Å². The van der Waals surface area contributed by atoms with E-state index in [-0.39, 0.29) is 6.10 Å². The molecule has 0 aliphatic carbocycles. The van der Waals surface area contributed by atoms with Gasteiger partial charge in [0.1, 0.15) is 8.07 Å². The molecule has 0 saturated heterocycles. The summed E-state index contributed by atoms with van der Waals surface area (Å²) in [7, 11) is -3.41. The molecule has 1 rings (SSSR count). The summed E-state index contributed by atoms with van der Waals surface area (Å²) in [5, 5.41) is 11.8. The average Bonchev–Trinajstić information content (AvgIpc) is 2.60. The van der Waals surface area contributed by atoms with Crippen molar-refractivity contribution in [3.05, 3.63) is 42.1 Å². The van der Waals surface area contributed by atoms with E-state index in [1.54, 1.807) is 0 Å². The van der Waals surface area contributed by atoms with Gasteiger partial charge in [-0.2, -0.15) is 0 Å². The van der Waals surface area contributed by atoms with Gasteiger partial charge in [0.25, 0.3) is 0 Å². The Morgan fingerprint density at radius 3 is 1.93 bits per heavy atom. The van der Waals surface area contributed by atoms with E-state index < -0.39 is 16.4 Å². The lowest BCUT2D eigenvalue weighted by molar-refractivity contribution is 0.190. The van der Waals surface area contributed by atoms with E-state index in [0.717, 1.165) is 19.4 Å². The molecular weight excluding hydrogens is 364 g/mol. The van der Waals surface area contributed by atoms with Gasteiger partial charge in [0.15, 0.2) is 8.32 Å². The monoisotopic (exact) mass is 406 g/mol. The van der Waals surface area contributed by atoms with Gasteiger partial charge in [-0.3, -0.25) is 0 Å². The summed E-state index contributed by atoms with van der Waals surface area (Å²) in [4.78, 5) is 0. The first-order valence-electron chi connectivity index (χ1n) is 10.6. The smallest absolute Gasteiger partial charge is 0.200 e. The van der Waals surface area contributed by atoms with Crippen molar-refractivity contribution in [2.75, 3.05) is 6.61 Å². The van der Waals surface area contributed by atoms with Crippen molar-refractivity contribution >= 4 is 21.6 Å². The summed E-state index contributed by atoms with van der Waals surface area (Å²) in [6, 6.07) is 10.6. The van der Waals surface area contributed by atoms with Crippen LogP contribution in [0.1, 0.15) is 54.4 Å². The molecule has 1 aromatic carbocycles. The normalized spacial score (nSPS) is 14.7. The lowest BCUT2D eigenvalue weighted by atomic mass is 10.2. The second-order valence-corrected chi connectivity index (χ2v) is 19.1. The highest BCUT2D eigenvalue weighted by molar-refractivity contribution is 6.93. The first-order chi connectivity index (χ1) is 12.5. The highest BCUT2D eigenvalue weighted by Crippen LogP contribution is 2.42. The zero-order valence-corrected chi connectivity index (χ0v) is 20.8. The van der Waals surface area contributed by atoms with Crippen LogP contribution >= 0.6 is 0 Å². The Bertz CT molecular complexity index is 543. The quantitative estimate of drug-likeness (QED) is 0.359. The number of aliphatic hydroxyl groups is 1. The fourth-order valence-electron chi connectivity index (χ4n) is 4.45. The van der Waals surface area contributed by atoms with Gasteiger partial charge in [-0.25, -0.2) is 0 Å². The number of benzene rings is 1. The lowest BCUT2D eigenvalue weighted by Crippen LogP contribution is -2.48. The van der Waals surface area contributed by atoms with E-state index in [0.29, 0.717) is 16.6 Å². The fourth-order valence-corrected chi connectivity index (χ4v) is 11.9. The molecule has 4 heteroatoms. The molecule has 0 amide bonds. The maximum atomic E-state index is 10.4. The zero-order chi connectivity index (χ0) is 20.7. The van der Waals surface area contributed by atoms with Crippen molar-refractivity contribution in [2.45, 2.75) is 90.2 Å². The summed E-state index contributed by atoms with van der Waals surface area (Å²) >= 11 is 0. The van der Waals surface area contributed by atoms with E-state index in [2.05, 4.69) is 90.7 Å². The molecule has 0 radical (unpaired) electrons. The van der Waals surface area contributed by atoms with Crippen LogP contribution in [0.2, 0.25) is 29.7 Å². The molecule has 0 saturated carbocycles. The van der Waals surface area contributed by atoms with E-state index in [1.807, 2.05) is 6.08 Å². The van der Waals surface area contributed by atoms with Gasteiger partial charge < -0.3 is 9.53 Å². The van der Waals surface area contributed by atoms with E-state index in [1.165, 1.54) is 5.19 Å². The predicted molar refractivity (Wildman–Crippen MR) is 125 cm³/mol. The second-order valence-electron chi connectivity index (χ2n) is 9.32. The largest absolute Gasteiger partial charge is 0.416 e. The Kier molecular flexibility index (Phi) is 9.69. The molecule has 0 unspecified atom stereocenters. The molecule has 154 valence electrons.